The fourth-order valence-corrected chi connectivity index (χ4v) is 6.12. The van der Waals surface area contributed by atoms with E-state index in [9.17, 15) is 23.4 Å². The van der Waals surface area contributed by atoms with Gasteiger partial charge in [0.15, 0.2) is 0 Å². The van der Waals surface area contributed by atoms with Gasteiger partial charge in [0, 0.05) is 38.7 Å². The minimum Gasteiger partial charge on any atom is -0.396 e. The molecule has 0 saturated carbocycles. The van der Waals surface area contributed by atoms with Gasteiger partial charge in [-0.3, -0.25) is 4.79 Å². The second kappa shape index (κ2) is 7.09. The number of rotatable bonds is 4. The van der Waals surface area contributed by atoms with Crippen molar-refractivity contribution in [1.82, 2.24) is 9.21 Å². The lowest BCUT2D eigenvalue weighted by atomic mass is 9.95. The van der Waals surface area contributed by atoms with Gasteiger partial charge in [-0.25, -0.2) is 8.42 Å². The SMILES string of the molecule is O=C(c1sccc1S(=O)(=O)N1CCCC1)N1CCC(CO)C(O)C1. The van der Waals surface area contributed by atoms with Gasteiger partial charge in [0.2, 0.25) is 10.0 Å². The highest BCUT2D eigenvalue weighted by molar-refractivity contribution is 7.89. The van der Waals surface area contributed by atoms with Gasteiger partial charge < -0.3 is 15.1 Å². The zero-order chi connectivity index (χ0) is 17.3. The summed E-state index contributed by atoms with van der Waals surface area (Å²) in [5, 5.41) is 20.8. The molecule has 24 heavy (non-hydrogen) atoms. The normalized spacial score (nSPS) is 26.0. The van der Waals surface area contributed by atoms with Crippen LogP contribution < -0.4 is 0 Å². The van der Waals surface area contributed by atoms with Gasteiger partial charge >= 0.3 is 0 Å². The van der Waals surface area contributed by atoms with E-state index in [1.807, 2.05) is 0 Å². The fraction of sp³-hybridized carbons (Fsp3) is 0.667. The number of hydrogen-bond donors (Lipinski definition) is 2. The largest absolute Gasteiger partial charge is 0.396 e. The number of aliphatic hydroxyl groups is 2. The molecule has 0 bridgehead atoms. The average molecular weight is 374 g/mol. The number of amides is 1. The fourth-order valence-electron chi connectivity index (χ4n) is 3.25. The van der Waals surface area contributed by atoms with Crippen LogP contribution in [0.15, 0.2) is 16.3 Å². The zero-order valence-electron chi connectivity index (χ0n) is 13.3. The molecular formula is C15H22N2O5S2. The van der Waals surface area contributed by atoms with Crippen LogP contribution in [0.4, 0.5) is 0 Å². The molecule has 1 amide bonds. The van der Waals surface area contributed by atoms with Gasteiger partial charge in [-0.1, -0.05) is 0 Å². The van der Waals surface area contributed by atoms with Crippen molar-refractivity contribution in [3.8, 4) is 0 Å². The molecule has 7 nitrogen and oxygen atoms in total. The molecule has 2 aliphatic heterocycles. The minimum atomic E-state index is -3.64. The third-order valence-electron chi connectivity index (χ3n) is 4.75. The first-order chi connectivity index (χ1) is 11.4. The highest BCUT2D eigenvalue weighted by atomic mass is 32.2. The van der Waals surface area contributed by atoms with E-state index in [4.69, 9.17) is 0 Å². The average Bonchev–Trinajstić information content (AvgIpc) is 3.25. The highest BCUT2D eigenvalue weighted by Crippen LogP contribution is 2.30. The Morgan fingerprint density at radius 1 is 1.29 bits per heavy atom. The Morgan fingerprint density at radius 3 is 2.62 bits per heavy atom. The summed E-state index contributed by atoms with van der Waals surface area (Å²) in [6, 6.07) is 1.49. The summed E-state index contributed by atoms with van der Waals surface area (Å²) < 4.78 is 26.9. The van der Waals surface area contributed by atoms with Gasteiger partial charge in [-0.15, -0.1) is 11.3 Å². The van der Waals surface area contributed by atoms with Crippen LogP contribution in [-0.2, 0) is 10.0 Å². The number of carbonyl (C=O) groups excluding carboxylic acids is 1. The van der Waals surface area contributed by atoms with Crippen LogP contribution in [0.3, 0.4) is 0 Å². The van der Waals surface area contributed by atoms with Gasteiger partial charge in [-0.05, 0) is 30.7 Å². The molecule has 3 heterocycles. The van der Waals surface area contributed by atoms with Gasteiger partial charge in [0.1, 0.15) is 9.77 Å². The second-order valence-corrected chi connectivity index (χ2v) is 9.10. The van der Waals surface area contributed by atoms with Crippen molar-refractivity contribution in [3.63, 3.8) is 0 Å². The van der Waals surface area contributed by atoms with E-state index < -0.39 is 16.1 Å². The van der Waals surface area contributed by atoms with Crippen LogP contribution in [0, 0.1) is 5.92 Å². The van der Waals surface area contributed by atoms with Crippen LogP contribution in [0.5, 0.6) is 0 Å². The molecule has 2 aliphatic rings. The van der Waals surface area contributed by atoms with E-state index in [1.165, 1.54) is 15.3 Å². The number of carbonyl (C=O) groups is 1. The Hall–Kier alpha value is -1.00. The maximum Gasteiger partial charge on any atom is 0.265 e. The lowest BCUT2D eigenvalue weighted by Crippen LogP contribution is -2.47. The molecular weight excluding hydrogens is 352 g/mol. The second-order valence-electron chi connectivity index (χ2n) is 6.28. The van der Waals surface area contributed by atoms with Crippen molar-refractivity contribution < 1.29 is 23.4 Å². The topological polar surface area (TPSA) is 98.2 Å². The van der Waals surface area contributed by atoms with Crippen LogP contribution in [-0.4, -0.2) is 72.6 Å². The summed E-state index contributed by atoms with van der Waals surface area (Å²) in [5.74, 6) is -0.594. The van der Waals surface area contributed by atoms with Gasteiger partial charge in [0.25, 0.3) is 5.91 Å². The summed E-state index contributed by atoms with van der Waals surface area (Å²) in [5.41, 5.74) is 0. The van der Waals surface area contributed by atoms with E-state index in [-0.39, 0.29) is 34.7 Å². The molecule has 1 aromatic rings. The third kappa shape index (κ3) is 3.23. The first-order valence-electron chi connectivity index (χ1n) is 8.11. The van der Waals surface area contributed by atoms with Crippen molar-refractivity contribution in [2.24, 2.45) is 5.92 Å². The summed E-state index contributed by atoms with van der Waals surface area (Å²) in [6.45, 7) is 1.39. The lowest BCUT2D eigenvalue weighted by molar-refractivity contribution is 0.000935. The molecule has 2 atom stereocenters. The van der Waals surface area contributed by atoms with Gasteiger partial charge in [0.05, 0.1) is 6.10 Å². The molecule has 0 aliphatic carbocycles. The van der Waals surface area contributed by atoms with E-state index in [1.54, 1.807) is 5.38 Å². The Kier molecular flexibility index (Phi) is 5.26. The Morgan fingerprint density at radius 2 is 2.00 bits per heavy atom. The number of nitrogens with zero attached hydrogens (tertiary/aromatic N) is 2. The molecule has 1 aromatic heterocycles. The maximum atomic E-state index is 12.8. The van der Waals surface area contributed by atoms with Crippen molar-refractivity contribution >= 4 is 27.3 Å². The lowest BCUT2D eigenvalue weighted by Gasteiger charge is -2.35. The molecule has 0 radical (unpaired) electrons. The molecule has 2 saturated heterocycles. The van der Waals surface area contributed by atoms with E-state index >= 15 is 0 Å². The Balaban J connectivity index is 1.81. The molecule has 9 heteroatoms. The standard InChI is InChI=1S/C15H22N2O5S2/c18-10-11-3-7-16(9-12(11)19)15(20)14-13(4-8-23-14)24(21,22)17-5-1-2-6-17/h4,8,11-12,18-19H,1-3,5-7,9-10H2. The predicted octanol–water partition coefficient (Wildman–Crippen LogP) is 0.348. The number of hydrogen-bond acceptors (Lipinski definition) is 6. The molecule has 3 rings (SSSR count). The van der Waals surface area contributed by atoms with Gasteiger partial charge in [-0.2, -0.15) is 4.31 Å². The first kappa shape index (κ1) is 17.8. The molecule has 0 aromatic carbocycles. The van der Waals surface area contributed by atoms with E-state index in [0.717, 1.165) is 24.2 Å². The number of aliphatic hydroxyl groups excluding tert-OH is 2. The summed E-state index contributed by atoms with van der Waals surface area (Å²) in [4.78, 5) is 14.5. The number of likely N-dealkylation sites (tertiary alicyclic amines) is 1. The van der Waals surface area contributed by atoms with Crippen molar-refractivity contribution in [2.75, 3.05) is 32.8 Å². The maximum absolute atomic E-state index is 12.8. The zero-order valence-corrected chi connectivity index (χ0v) is 14.9. The van der Waals surface area contributed by atoms with E-state index in [0.29, 0.717) is 26.1 Å². The van der Waals surface area contributed by atoms with E-state index in [2.05, 4.69) is 0 Å². The van der Waals surface area contributed by atoms with Crippen LogP contribution in [0.1, 0.15) is 28.9 Å². The molecule has 2 fully saturated rings. The summed E-state index contributed by atoms with van der Waals surface area (Å²) in [6.07, 6.45) is 1.40. The van der Waals surface area contributed by atoms with Crippen molar-refractivity contribution in [1.29, 1.82) is 0 Å². The Labute approximate surface area is 145 Å². The van der Waals surface area contributed by atoms with Crippen molar-refractivity contribution in [2.45, 2.75) is 30.3 Å². The first-order valence-corrected chi connectivity index (χ1v) is 10.4. The number of thiophene rings is 1. The monoisotopic (exact) mass is 374 g/mol. The number of β-amino-alcohol motifs (C(OH)–C–C–N with tert-alkyl or cyclic N) is 1. The van der Waals surface area contributed by atoms with Crippen LogP contribution >= 0.6 is 11.3 Å². The quantitative estimate of drug-likeness (QED) is 0.792. The Bertz CT molecular complexity index is 696. The number of piperidine rings is 1. The molecule has 2 N–H and O–H groups in total. The number of sulfonamides is 1. The summed E-state index contributed by atoms with van der Waals surface area (Å²) >= 11 is 1.12. The highest BCUT2D eigenvalue weighted by Gasteiger charge is 2.35. The smallest absolute Gasteiger partial charge is 0.265 e. The third-order valence-corrected chi connectivity index (χ3v) is 7.72. The van der Waals surface area contributed by atoms with Crippen LogP contribution in [0.25, 0.3) is 0 Å². The summed E-state index contributed by atoms with van der Waals surface area (Å²) in [7, 11) is -3.64. The predicted molar refractivity (Wildman–Crippen MR) is 89.4 cm³/mol. The molecule has 0 spiro atoms. The molecule has 2 unspecified atom stereocenters. The van der Waals surface area contributed by atoms with Crippen LogP contribution in [0.2, 0.25) is 0 Å². The molecule has 134 valence electrons. The van der Waals surface area contributed by atoms with Crippen molar-refractivity contribution in [3.05, 3.63) is 16.3 Å². The minimum absolute atomic E-state index is 0.0678.